The molecule has 0 spiro atoms. The first kappa shape index (κ1) is 24.5. The van der Waals surface area contributed by atoms with Gasteiger partial charge in [-0.05, 0) is 42.7 Å². The van der Waals surface area contributed by atoms with Gasteiger partial charge in [-0.1, -0.05) is 37.1 Å². The van der Waals surface area contributed by atoms with Crippen molar-refractivity contribution in [1.82, 2.24) is 10.6 Å². The lowest BCUT2D eigenvalue weighted by Crippen LogP contribution is -2.43. The molecular weight excluding hydrogens is 395 g/mol. The standard InChI is InChI=1S/C22H34F3N3O2/c1-3-26-20(28-16-21(11-12-29-2)9-4-5-10-21)27-14-18-7-6-8-19(13-18)15-30-17-22(23,24)25/h6-8,13H,3-5,9-12,14-17H2,1-2H3,(H2,26,27,28). The van der Waals surface area contributed by atoms with E-state index in [9.17, 15) is 13.2 Å². The Balaban J connectivity index is 1.92. The van der Waals surface area contributed by atoms with Crippen LogP contribution in [0.5, 0.6) is 0 Å². The van der Waals surface area contributed by atoms with Gasteiger partial charge in [0, 0.05) is 26.8 Å². The van der Waals surface area contributed by atoms with Gasteiger partial charge in [-0.2, -0.15) is 13.2 Å². The number of benzene rings is 1. The molecule has 0 unspecified atom stereocenters. The number of methoxy groups -OCH3 is 1. The van der Waals surface area contributed by atoms with Crippen LogP contribution in [0.4, 0.5) is 13.2 Å². The second kappa shape index (κ2) is 12.2. The van der Waals surface area contributed by atoms with Crippen molar-refractivity contribution in [2.24, 2.45) is 10.4 Å². The molecule has 0 heterocycles. The number of nitrogens with one attached hydrogen (secondary N) is 2. The van der Waals surface area contributed by atoms with Crippen molar-refractivity contribution in [2.75, 3.05) is 33.4 Å². The second-order valence-electron chi connectivity index (χ2n) is 7.93. The molecule has 1 fully saturated rings. The Hall–Kier alpha value is -1.80. The van der Waals surface area contributed by atoms with E-state index in [0.717, 1.165) is 37.6 Å². The van der Waals surface area contributed by atoms with Crippen molar-refractivity contribution in [3.63, 3.8) is 0 Å². The fraction of sp³-hybridized carbons (Fsp3) is 0.682. The minimum atomic E-state index is -4.31. The summed E-state index contributed by atoms with van der Waals surface area (Å²) in [5.74, 6) is 0.750. The molecule has 0 atom stereocenters. The van der Waals surface area contributed by atoms with E-state index in [1.54, 1.807) is 13.2 Å². The molecule has 0 radical (unpaired) electrons. The van der Waals surface area contributed by atoms with E-state index in [4.69, 9.17) is 9.47 Å². The summed E-state index contributed by atoms with van der Waals surface area (Å²) in [6.07, 6.45) is 1.63. The van der Waals surface area contributed by atoms with E-state index in [0.29, 0.717) is 12.1 Å². The molecule has 1 aliphatic carbocycles. The summed E-state index contributed by atoms with van der Waals surface area (Å²) in [4.78, 5) is 4.66. The number of hydrogen-bond acceptors (Lipinski definition) is 3. The predicted octanol–water partition coefficient (Wildman–Crippen LogP) is 4.42. The topological polar surface area (TPSA) is 54.9 Å². The Labute approximate surface area is 177 Å². The van der Waals surface area contributed by atoms with Crippen molar-refractivity contribution < 1.29 is 22.6 Å². The van der Waals surface area contributed by atoms with Crippen LogP contribution in [0.3, 0.4) is 0 Å². The maximum absolute atomic E-state index is 12.2. The van der Waals surface area contributed by atoms with Gasteiger partial charge >= 0.3 is 6.18 Å². The molecule has 1 aromatic rings. The molecule has 0 saturated heterocycles. The molecule has 0 aromatic heterocycles. The van der Waals surface area contributed by atoms with Gasteiger partial charge in [0.2, 0.25) is 0 Å². The molecular formula is C22H34F3N3O2. The highest BCUT2D eigenvalue weighted by atomic mass is 19.4. The van der Waals surface area contributed by atoms with Gasteiger partial charge in [-0.25, -0.2) is 4.99 Å². The molecule has 0 amide bonds. The molecule has 2 rings (SSSR count). The Morgan fingerprint density at radius 3 is 2.57 bits per heavy atom. The average Bonchev–Trinajstić information content (AvgIpc) is 3.17. The largest absolute Gasteiger partial charge is 0.411 e. The van der Waals surface area contributed by atoms with Crippen LogP contribution in [0.2, 0.25) is 0 Å². The van der Waals surface area contributed by atoms with Gasteiger partial charge in [0.25, 0.3) is 0 Å². The van der Waals surface area contributed by atoms with Crippen LogP contribution in [-0.2, 0) is 22.6 Å². The fourth-order valence-electron chi connectivity index (χ4n) is 3.84. The van der Waals surface area contributed by atoms with Gasteiger partial charge in [-0.15, -0.1) is 0 Å². The normalized spacial score (nSPS) is 16.6. The molecule has 0 aliphatic heterocycles. The Bertz CT molecular complexity index is 659. The van der Waals surface area contributed by atoms with E-state index in [2.05, 4.69) is 15.6 Å². The van der Waals surface area contributed by atoms with Crippen LogP contribution < -0.4 is 10.6 Å². The Morgan fingerprint density at radius 2 is 1.90 bits per heavy atom. The highest BCUT2D eigenvalue weighted by Gasteiger charge is 2.33. The third-order valence-corrected chi connectivity index (χ3v) is 5.42. The van der Waals surface area contributed by atoms with E-state index < -0.39 is 12.8 Å². The van der Waals surface area contributed by atoms with Crippen LogP contribution in [0.1, 0.15) is 50.2 Å². The molecule has 1 saturated carbocycles. The average molecular weight is 430 g/mol. The second-order valence-corrected chi connectivity index (χ2v) is 7.93. The van der Waals surface area contributed by atoms with Gasteiger partial charge in [-0.3, -0.25) is 0 Å². The lowest BCUT2D eigenvalue weighted by Gasteiger charge is -2.30. The first-order valence-corrected chi connectivity index (χ1v) is 10.6. The van der Waals surface area contributed by atoms with Crippen molar-refractivity contribution in [3.05, 3.63) is 35.4 Å². The number of alkyl halides is 3. The number of guanidine groups is 1. The SMILES string of the molecule is CCNC(=NCc1cccc(COCC(F)(F)F)c1)NCC1(CCOC)CCCC1. The van der Waals surface area contributed by atoms with Crippen LogP contribution in [0.25, 0.3) is 0 Å². The lowest BCUT2D eigenvalue weighted by atomic mass is 9.83. The summed E-state index contributed by atoms with van der Waals surface area (Å²) >= 11 is 0. The zero-order valence-corrected chi connectivity index (χ0v) is 18.0. The number of rotatable bonds is 11. The maximum atomic E-state index is 12.2. The highest BCUT2D eigenvalue weighted by Crippen LogP contribution is 2.40. The van der Waals surface area contributed by atoms with Gasteiger partial charge in [0.05, 0.1) is 13.2 Å². The molecule has 8 heteroatoms. The van der Waals surface area contributed by atoms with Gasteiger partial charge in [0.1, 0.15) is 6.61 Å². The molecule has 5 nitrogen and oxygen atoms in total. The van der Waals surface area contributed by atoms with Crippen molar-refractivity contribution in [1.29, 1.82) is 0 Å². The summed E-state index contributed by atoms with van der Waals surface area (Å²) in [7, 11) is 1.74. The number of halogens is 3. The molecule has 30 heavy (non-hydrogen) atoms. The zero-order valence-electron chi connectivity index (χ0n) is 18.0. The molecule has 170 valence electrons. The number of hydrogen-bond donors (Lipinski definition) is 2. The van der Waals surface area contributed by atoms with Crippen LogP contribution in [-0.4, -0.2) is 45.5 Å². The van der Waals surface area contributed by atoms with Gasteiger partial charge < -0.3 is 20.1 Å². The van der Waals surface area contributed by atoms with E-state index in [-0.39, 0.29) is 12.0 Å². The quantitative estimate of drug-likeness (QED) is 0.404. The maximum Gasteiger partial charge on any atom is 0.411 e. The third-order valence-electron chi connectivity index (χ3n) is 5.42. The highest BCUT2D eigenvalue weighted by molar-refractivity contribution is 5.79. The molecule has 2 N–H and O–H groups in total. The number of ether oxygens (including phenoxy) is 2. The Kier molecular flexibility index (Phi) is 9.91. The predicted molar refractivity (Wildman–Crippen MR) is 112 cm³/mol. The molecule has 1 aliphatic rings. The van der Waals surface area contributed by atoms with E-state index >= 15 is 0 Å². The van der Waals surface area contributed by atoms with Crippen molar-refractivity contribution >= 4 is 5.96 Å². The first-order valence-electron chi connectivity index (χ1n) is 10.6. The minimum Gasteiger partial charge on any atom is -0.385 e. The molecule has 0 bridgehead atoms. The summed E-state index contributed by atoms with van der Waals surface area (Å²) < 4.78 is 46.8. The van der Waals surface area contributed by atoms with E-state index in [1.807, 2.05) is 25.1 Å². The third kappa shape index (κ3) is 8.92. The molecule has 1 aromatic carbocycles. The van der Waals surface area contributed by atoms with Crippen LogP contribution in [0, 0.1) is 5.41 Å². The first-order chi connectivity index (χ1) is 14.4. The van der Waals surface area contributed by atoms with E-state index in [1.165, 1.54) is 25.7 Å². The summed E-state index contributed by atoms with van der Waals surface area (Å²) in [5.41, 5.74) is 1.88. The number of nitrogens with zero attached hydrogens (tertiary/aromatic N) is 1. The minimum absolute atomic E-state index is 0.0720. The summed E-state index contributed by atoms with van der Waals surface area (Å²) in [6.45, 7) is 3.51. The van der Waals surface area contributed by atoms with Gasteiger partial charge in [0.15, 0.2) is 5.96 Å². The Morgan fingerprint density at radius 1 is 1.17 bits per heavy atom. The fourth-order valence-corrected chi connectivity index (χ4v) is 3.84. The van der Waals surface area contributed by atoms with Crippen molar-refractivity contribution in [2.45, 2.75) is 58.4 Å². The zero-order chi connectivity index (χ0) is 21.9. The monoisotopic (exact) mass is 429 g/mol. The van der Waals surface area contributed by atoms with Crippen molar-refractivity contribution in [3.8, 4) is 0 Å². The number of aliphatic imine (C=N–C) groups is 1. The smallest absolute Gasteiger partial charge is 0.385 e. The van der Waals surface area contributed by atoms with Crippen LogP contribution >= 0.6 is 0 Å². The summed E-state index contributed by atoms with van der Waals surface area (Å²) in [6, 6.07) is 7.32. The lowest BCUT2D eigenvalue weighted by molar-refractivity contribution is -0.176. The summed E-state index contributed by atoms with van der Waals surface area (Å²) in [5, 5.41) is 6.76. The van der Waals surface area contributed by atoms with Crippen LogP contribution in [0.15, 0.2) is 29.3 Å².